The van der Waals surface area contributed by atoms with E-state index in [9.17, 15) is 4.79 Å². The normalized spacial score (nSPS) is 16.8. The molecule has 1 amide bonds. The van der Waals surface area contributed by atoms with Gasteiger partial charge in [0, 0.05) is 31.3 Å². The molecule has 3 aromatic rings. The Morgan fingerprint density at radius 3 is 3.00 bits per heavy atom. The number of hydrogen-bond acceptors (Lipinski definition) is 4. The van der Waals surface area contributed by atoms with Crippen molar-refractivity contribution >= 4 is 39.6 Å². The number of fused-ring (bicyclic) bond motifs is 3. The highest BCUT2D eigenvalue weighted by Gasteiger charge is 2.18. The number of aromatic nitrogens is 3. The minimum absolute atomic E-state index is 0.215. The molecule has 2 aromatic heterocycles. The molecule has 0 bridgehead atoms. The van der Waals surface area contributed by atoms with Gasteiger partial charge >= 0.3 is 0 Å². The molecule has 28 heavy (non-hydrogen) atoms. The van der Waals surface area contributed by atoms with Crippen LogP contribution < -0.4 is 5.32 Å². The molecule has 148 valence electrons. The first-order valence-corrected chi connectivity index (χ1v) is 11.5. The maximum atomic E-state index is 12.1. The molecular formula is C22H28N4OS. The lowest BCUT2D eigenvalue weighted by Gasteiger charge is -2.11. The van der Waals surface area contributed by atoms with Crippen molar-refractivity contribution in [2.45, 2.75) is 45.6 Å². The monoisotopic (exact) mass is 396 g/mol. The number of pyridine rings is 1. The Balaban J connectivity index is 1.37. The second-order valence-electron chi connectivity index (χ2n) is 7.53. The van der Waals surface area contributed by atoms with Crippen molar-refractivity contribution in [1.82, 2.24) is 19.9 Å². The van der Waals surface area contributed by atoms with Crippen molar-refractivity contribution < 1.29 is 4.79 Å². The first-order valence-electron chi connectivity index (χ1n) is 10.3. The van der Waals surface area contributed by atoms with E-state index in [0.717, 1.165) is 60.3 Å². The number of rotatable bonds is 8. The summed E-state index contributed by atoms with van der Waals surface area (Å²) in [7, 11) is 0. The quantitative estimate of drug-likeness (QED) is 0.580. The highest BCUT2D eigenvalue weighted by atomic mass is 32.2. The summed E-state index contributed by atoms with van der Waals surface area (Å²) in [6.45, 7) is 3.83. The minimum atomic E-state index is 0.215. The Morgan fingerprint density at radius 2 is 2.18 bits per heavy atom. The summed E-state index contributed by atoms with van der Waals surface area (Å²) in [6.07, 6.45) is 6.67. The number of imidazole rings is 1. The molecule has 4 rings (SSSR count). The van der Waals surface area contributed by atoms with Crippen LogP contribution in [0, 0.1) is 5.92 Å². The van der Waals surface area contributed by atoms with Crippen molar-refractivity contribution in [3.8, 4) is 0 Å². The maximum absolute atomic E-state index is 12.1. The summed E-state index contributed by atoms with van der Waals surface area (Å²) in [5.41, 5.74) is 3.17. The molecule has 1 fully saturated rings. The van der Waals surface area contributed by atoms with Gasteiger partial charge in [-0.1, -0.05) is 25.1 Å². The molecule has 1 aliphatic rings. The number of amides is 1. The summed E-state index contributed by atoms with van der Waals surface area (Å²) in [5, 5.41) is 4.26. The number of aryl methyl sites for hydroxylation is 2. The Morgan fingerprint density at radius 1 is 1.29 bits per heavy atom. The summed E-state index contributed by atoms with van der Waals surface area (Å²) >= 11 is 1.97. The van der Waals surface area contributed by atoms with Gasteiger partial charge in [0.15, 0.2) is 0 Å². The lowest BCUT2D eigenvalue weighted by Crippen LogP contribution is -2.26. The van der Waals surface area contributed by atoms with Gasteiger partial charge in [-0.25, -0.2) is 4.98 Å². The predicted octanol–water partition coefficient (Wildman–Crippen LogP) is 4.19. The van der Waals surface area contributed by atoms with E-state index >= 15 is 0 Å². The van der Waals surface area contributed by atoms with Crippen LogP contribution in [0.15, 0.2) is 30.5 Å². The van der Waals surface area contributed by atoms with Gasteiger partial charge in [-0.3, -0.25) is 9.78 Å². The van der Waals surface area contributed by atoms with Crippen LogP contribution in [0.2, 0.25) is 0 Å². The average Bonchev–Trinajstić information content (AvgIpc) is 3.35. The number of nitrogens with zero attached hydrogens (tertiary/aromatic N) is 3. The first kappa shape index (κ1) is 19.2. The fraction of sp³-hybridized carbons (Fsp3) is 0.500. The molecule has 0 saturated carbocycles. The van der Waals surface area contributed by atoms with Gasteiger partial charge in [-0.15, -0.1) is 0 Å². The zero-order chi connectivity index (χ0) is 19.3. The van der Waals surface area contributed by atoms with Gasteiger partial charge in [0.05, 0.1) is 17.2 Å². The highest BCUT2D eigenvalue weighted by Crippen LogP contribution is 2.26. The molecule has 1 saturated heterocycles. The van der Waals surface area contributed by atoms with E-state index in [1.54, 1.807) is 0 Å². The third-order valence-corrected chi connectivity index (χ3v) is 6.74. The molecule has 1 unspecified atom stereocenters. The molecule has 0 radical (unpaired) electrons. The van der Waals surface area contributed by atoms with Crippen LogP contribution in [0.1, 0.15) is 38.4 Å². The number of carbonyl (C=O) groups excluding carboxylic acids is 1. The Bertz CT molecular complexity index is 962. The van der Waals surface area contributed by atoms with Crippen molar-refractivity contribution in [3.05, 3.63) is 36.3 Å². The van der Waals surface area contributed by atoms with Crippen LogP contribution in [0.5, 0.6) is 0 Å². The fourth-order valence-electron chi connectivity index (χ4n) is 4.02. The molecular weight excluding hydrogens is 368 g/mol. The van der Waals surface area contributed by atoms with Crippen molar-refractivity contribution in [2.24, 2.45) is 5.92 Å². The molecule has 1 aliphatic heterocycles. The van der Waals surface area contributed by atoms with Gasteiger partial charge in [0.1, 0.15) is 11.3 Å². The highest BCUT2D eigenvalue weighted by molar-refractivity contribution is 7.99. The van der Waals surface area contributed by atoms with Gasteiger partial charge in [0.2, 0.25) is 5.91 Å². The van der Waals surface area contributed by atoms with E-state index in [2.05, 4.69) is 40.0 Å². The number of carbonyl (C=O) groups is 1. The summed E-state index contributed by atoms with van der Waals surface area (Å²) < 4.78 is 2.34. The number of benzene rings is 1. The van der Waals surface area contributed by atoms with Gasteiger partial charge < -0.3 is 9.88 Å². The molecule has 0 spiro atoms. The van der Waals surface area contributed by atoms with Crippen LogP contribution in [0.25, 0.3) is 21.9 Å². The first-order chi connectivity index (χ1) is 13.8. The van der Waals surface area contributed by atoms with Crippen molar-refractivity contribution in [3.63, 3.8) is 0 Å². The lowest BCUT2D eigenvalue weighted by molar-refractivity contribution is -0.121. The molecule has 5 nitrogen and oxygen atoms in total. The van der Waals surface area contributed by atoms with E-state index < -0.39 is 0 Å². The van der Waals surface area contributed by atoms with Crippen molar-refractivity contribution in [1.29, 1.82) is 0 Å². The SMILES string of the molecule is CCc1nc2cnc3ccccc3c2n1CCCCNC(=O)CC1CCSC1. The number of hydrogen-bond donors (Lipinski definition) is 1. The number of unbranched alkanes of at least 4 members (excludes halogenated alkanes) is 1. The van der Waals surface area contributed by atoms with Crippen LogP contribution >= 0.6 is 11.8 Å². The third kappa shape index (κ3) is 4.17. The number of nitrogens with one attached hydrogen (secondary N) is 1. The average molecular weight is 397 g/mol. The Hall–Kier alpha value is -2.08. The summed E-state index contributed by atoms with van der Waals surface area (Å²) in [6, 6.07) is 8.26. The lowest BCUT2D eigenvalue weighted by atomic mass is 10.1. The van der Waals surface area contributed by atoms with E-state index in [4.69, 9.17) is 4.98 Å². The standard InChI is InChI=1S/C22H28N4OS/c1-2-20-25-19-14-24-18-8-4-3-7-17(18)22(19)26(20)11-6-5-10-23-21(27)13-16-9-12-28-15-16/h3-4,7-8,14,16H,2,5-6,9-13,15H2,1H3,(H,23,27). The van der Waals surface area contributed by atoms with Gasteiger partial charge in [-0.05, 0) is 42.8 Å². The van der Waals surface area contributed by atoms with Crippen molar-refractivity contribution in [2.75, 3.05) is 18.1 Å². The molecule has 1 N–H and O–H groups in total. The van der Waals surface area contributed by atoms with Crippen LogP contribution in [0.3, 0.4) is 0 Å². The van der Waals surface area contributed by atoms with Crippen LogP contribution in [0.4, 0.5) is 0 Å². The zero-order valence-corrected chi connectivity index (χ0v) is 17.3. The number of thioether (sulfide) groups is 1. The second kappa shape index (κ2) is 8.95. The minimum Gasteiger partial charge on any atom is -0.356 e. The van der Waals surface area contributed by atoms with E-state index in [-0.39, 0.29) is 5.91 Å². The molecule has 3 heterocycles. The fourth-order valence-corrected chi connectivity index (χ4v) is 5.31. The van der Waals surface area contributed by atoms with Gasteiger partial charge in [-0.2, -0.15) is 11.8 Å². The molecule has 6 heteroatoms. The Labute approximate surface area is 170 Å². The smallest absolute Gasteiger partial charge is 0.220 e. The molecule has 1 atom stereocenters. The van der Waals surface area contributed by atoms with Crippen LogP contribution in [-0.2, 0) is 17.8 Å². The third-order valence-electron chi connectivity index (χ3n) is 5.50. The Kier molecular flexibility index (Phi) is 6.15. The van der Waals surface area contributed by atoms with E-state index in [1.165, 1.54) is 17.7 Å². The molecule has 0 aliphatic carbocycles. The molecule has 1 aromatic carbocycles. The topological polar surface area (TPSA) is 59.8 Å². The number of para-hydroxylation sites is 1. The largest absolute Gasteiger partial charge is 0.356 e. The van der Waals surface area contributed by atoms with Gasteiger partial charge in [0.25, 0.3) is 0 Å². The second-order valence-corrected chi connectivity index (χ2v) is 8.68. The predicted molar refractivity (Wildman–Crippen MR) is 117 cm³/mol. The summed E-state index contributed by atoms with van der Waals surface area (Å²) in [5.74, 6) is 4.25. The summed E-state index contributed by atoms with van der Waals surface area (Å²) in [4.78, 5) is 21.4. The maximum Gasteiger partial charge on any atom is 0.220 e. The van der Waals surface area contributed by atoms with E-state index in [0.29, 0.717) is 12.3 Å². The van der Waals surface area contributed by atoms with E-state index in [1.807, 2.05) is 24.0 Å². The van der Waals surface area contributed by atoms with Crippen LogP contribution in [-0.4, -0.2) is 38.5 Å². The zero-order valence-electron chi connectivity index (χ0n) is 16.5.